The van der Waals surface area contributed by atoms with Crippen molar-refractivity contribution in [2.24, 2.45) is 0 Å². The summed E-state index contributed by atoms with van der Waals surface area (Å²) in [4.78, 5) is 1.89. The number of aliphatic hydroxyl groups excluding tert-OH is 2. The summed E-state index contributed by atoms with van der Waals surface area (Å²) in [6.45, 7) is 1.27. The van der Waals surface area contributed by atoms with Gasteiger partial charge in [-0.1, -0.05) is 18.2 Å². The van der Waals surface area contributed by atoms with Crippen LogP contribution in [0.1, 0.15) is 18.1 Å². The lowest BCUT2D eigenvalue weighted by Gasteiger charge is -2.18. The zero-order valence-electron chi connectivity index (χ0n) is 9.43. The standard InChI is InChI=1S/C12H18FNO2/c1-14(8-9-15)7-6-12(16)10-4-2-3-5-11(10)13/h2-5,12,15-16H,6-9H2,1H3. The molecule has 1 atom stereocenters. The van der Waals surface area contributed by atoms with Gasteiger partial charge in [0.25, 0.3) is 0 Å². The number of hydrogen-bond donors (Lipinski definition) is 2. The number of rotatable bonds is 6. The maximum Gasteiger partial charge on any atom is 0.128 e. The molecule has 0 heterocycles. The van der Waals surface area contributed by atoms with Gasteiger partial charge < -0.3 is 15.1 Å². The summed E-state index contributed by atoms with van der Waals surface area (Å²) in [5.74, 6) is -0.375. The largest absolute Gasteiger partial charge is 0.395 e. The monoisotopic (exact) mass is 227 g/mol. The molecule has 0 aliphatic heterocycles. The SMILES string of the molecule is CN(CCO)CCC(O)c1ccccc1F. The van der Waals surface area contributed by atoms with E-state index in [1.165, 1.54) is 6.07 Å². The highest BCUT2D eigenvalue weighted by Crippen LogP contribution is 2.19. The minimum Gasteiger partial charge on any atom is -0.395 e. The third-order valence-corrected chi connectivity index (χ3v) is 2.53. The second-order valence-corrected chi connectivity index (χ2v) is 3.85. The van der Waals surface area contributed by atoms with Crippen LogP contribution < -0.4 is 0 Å². The van der Waals surface area contributed by atoms with Gasteiger partial charge in [0.15, 0.2) is 0 Å². The van der Waals surface area contributed by atoms with Gasteiger partial charge in [-0.15, -0.1) is 0 Å². The van der Waals surface area contributed by atoms with Crippen molar-refractivity contribution >= 4 is 0 Å². The Morgan fingerprint density at radius 3 is 2.62 bits per heavy atom. The Morgan fingerprint density at radius 1 is 1.31 bits per heavy atom. The van der Waals surface area contributed by atoms with E-state index in [0.717, 1.165) is 0 Å². The van der Waals surface area contributed by atoms with Gasteiger partial charge in [0.05, 0.1) is 12.7 Å². The Bertz CT molecular complexity index is 320. The number of hydrogen-bond acceptors (Lipinski definition) is 3. The minimum atomic E-state index is -0.789. The predicted molar refractivity (Wildman–Crippen MR) is 60.6 cm³/mol. The predicted octanol–water partition coefficient (Wildman–Crippen LogP) is 1.17. The quantitative estimate of drug-likeness (QED) is 0.766. The molecule has 0 aliphatic rings. The lowest BCUT2D eigenvalue weighted by atomic mass is 10.1. The molecule has 0 saturated carbocycles. The first-order chi connectivity index (χ1) is 7.65. The van der Waals surface area contributed by atoms with Crippen LogP contribution in [-0.2, 0) is 0 Å². The summed E-state index contributed by atoms with van der Waals surface area (Å²) in [5, 5.41) is 18.5. The molecule has 1 aromatic rings. The molecular formula is C12H18FNO2. The van der Waals surface area contributed by atoms with Gasteiger partial charge in [-0.05, 0) is 19.5 Å². The van der Waals surface area contributed by atoms with E-state index in [2.05, 4.69) is 0 Å². The van der Waals surface area contributed by atoms with E-state index < -0.39 is 6.10 Å². The Labute approximate surface area is 95.1 Å². The average Bonchev–Trinajstić information content (AvgIpc) is 2.27. The number of likely N-dealkylation sites (N-methyl/N-ethyl adjacent to an activating group) is 1. The molecule has 0 aromatic heterocycles. The highest BCUT2D eigenvalue weighted by molar-refractivity contribution is 5.19. The highest BCUT2D eigenvalue weighted by Gasteiger charge is 2.12. The van der Waals surface area contributed by atoms with Gasteiger partial charge >= 0.3 is 0 Å². The molecule has 0 saturated heterocycles. The molecule has 2 N–H and O–H groups in total. The van der Waals surface area contributed by atoms with E-state index in [1.807, 2.05) is 11.9 Å². The molecule has 0 amide bonds. The van der Waals surface area contributed by atoms with E-state index in [9.17, 15) is 9.50 Å². The third-order valence-electron chi connectivity index (χ3n) is 2.53. The molecule has 0 aliphatic carbocycles. The topological polar surface area (TPSA) is 43.7 Å². The van der Waals surface area contributed by atoms with E-state index in [0.29, 0.717) is 25.1 Å². The molecule has 0 spiro atoms. The molecule has 4 heteroatoms. The number of nitrogens with zero attached hydrogens (tertiary/aromatic N) is 1. The summed E-state index contributed by atoms with van der Waals surface area (Å²) >= 11 is 0. The summed E-state index contributed by atoms with van der Waals surface area (Å²) in [6.07, 6.45) is -0.334. The van der Waals surface area contributed by atoms with Crippen molar-refractivity contribution in [2.45, 2.75) is 12.5 Å². The van der Waals surface area contributed by atoms with E-state index in [-0.39, 0.29) is 12.4 Å². The van der Waals surface area contributed by atoms with Crippen molar-refractivity contribution in [3.8, 4) is 0 Å². The van der Waals surface area contributed by atoms with Crippen LogP contribution in [0.25, 0.3) is 0 Å². The van der Waals surface area contributed by atoms with Crippen molar-refractivity contribution in [3.05, 3.63) is 35.6 Å². The third kappa shape index (κ3) is 3.89. The molecule has 0 fully saturated rings. The first-order valence-corrected chi connectivity index (χ1v) is 5.37. The zero-order valence-corrected chi connectivity index (χ0v) is 9.43. The Kier molecular flexibility index (Phi) is 5.38. The fourth-order valence-electron chi connectivity index (χ4n) is 1.53. The molecule has 90 valence electrons. The van der Waals surface area contributed by atoms with Crippen molar-refractivity contribution < 1.29 is 14.6 Å². The average molecular weight is 227 g/mol. The van der Waals surface area contributed by atoms with E-state index >= 15 is 0 Å². The van der Waals surface area contributed by atoms with E-state index in [4.69, 9.17) is 5.11 Å². The normalized spacial score (nSPS) is 13.1. The smallest absolute Gasteiger partial charge is 0.128 e. The molecule has 1 unspecified atom stereocenters. The molecule has 1 rings (SSSR count). The van der Waals surface area contributed by atoms with Crippen LogP contribution in [0, 0.1) is 5.82 Å². The number of aliphatic hydroxyl groups is 2. The van der Waals surface area contributed by atoms with Crippen LogP contribution in [0.5, 0.6) is 0 Å². The second kappa shape index (κ2) is 6.58. The molecule has 3 nitrogen and oxygen atoms in total. The Hall–Kier alpha value is -0.970. The van der Waals surface area contributed by atoms with Crippen molar-refractivity contribution in [1.82, 2.24) is 4.90 Å². The van der Waals surface area contributed by atoms with Crippen molar-refractivity contribution in [3.63, 3.8) is 0 Å². The summed E-state index contributed by atoms with van der Waals surface area (Å²) < 4.78 is 13.3. The second-order valence-electron chi connectivity index (χ2n) is 3.85. The van der Waals surface area contributed by atoms with Crippen molar-refractivity contribution in [2.75, 3.05) is 26.7 Å². The fourth-order valence-corrected chi connectivity index (χ4v) is 1.53. The summed E-state index contributed by atoms with van der Waals surface area (Å²) in [7, 11) is 1.85. The van der Waals surface area contributed by atoms with Crippen LogP contribution in [0.4, 0.5) is 4.39 Å². The highest BCUT2D eigenvalue weighted by atomic mass is 19.1. The van der Waals surface area contributed by atoms with Gasteiger partial charge in [-0.2, -0.15) is 0 Å². The number of benzene rings is 1. The maximum atomic E-state index is 13.3. The van der Waals surface area contributed by atoms with E-state index in [1.54, 1.807) is 18.2 Å². The van der Waals surface area contributed by atoms with Crippen LogP contribution in [-0.4, -0.2) is 41.9 Å². The molecule has 16 heavy (non-hydrogen) atoms. The Balaban J connectivity index is 2.46. The molecular weight excluding hydrogens is 209 g/mol. The zero-order chi connectivity index (χ0) is 12.0. The van der Waals surface area contributed by atoms with Crippen molar-refractivity contribution in [1.29, 1.82) is 0 Å². The first kappa shape index (κ1) is 13.1. The first-order valence-electron chi connectivity index (χ1n) is 5.37. The summed E-state index contributed by atoms with van der Waals surface area (Å²) in [6, 6.07) is 6.24. The van der Waals surface area contributed by atoms with Gasteiger partial charge in [0.2, 0.25) is 0 Å². The molecule has 1 aromatic carbocycles. The summed E-state index contributed by atoms with van der Waals surface area (Å²) in [5.41, 5.74) is 0.333. The minimum absolute atomic E-state index is 0.0896. The van der Waals surface area contributed by atoms with Gasteiger partial charge in [0.1, 0.15) is 5.82 Å². The van der Waals surface area contributed by atoms with Crippen LogP contribution in [0.2, 0.25) is 0 Å². The number of halogens is 1. The molecule has 0 bridgehead atoms. The van der Waals surface area contributed by atoms with Gasteiger partial charge in [0, 0.05) is 18.7 Å². The van der Waals surface area contributed by atoms with Gasteiger partial charge in [-0.25, -0.2) is 4.39 Å². The van der Waals surface area contributed by atoms with Crippen LogP contribution in [0.3, 0.4) is 0 Å². The lowest BCUT2D eigenvalue weighted by Crippen LogP contribution is -2.24. The maximum absolute atomic E-state index is 13.3. The fraction of sp³-hybridized carbons (Fsp3) is 0.500. The lowest BCUT2D eigenvalue weighted by molar-refractivity contribution is 0.138. The van der Waals surface area contributed by atoms with Crippen LogP contribution in [0.15, 0.2) is 24.3 Å². The van der Waals surface area contributed by atoms with Gasteiger partial charge in [-0.3, -0.25) is 0 Å². The molecule has 0 radical (unpaired) electrons. The Morgan fingerprint density at radius 2 is 2.00 bits per heavy atom. The van der Waals surface area contributed by atoms with Crippen LogP contribution >= 0.6 is 0 Å².